The van der Waals surface area contributed by atoms with Crippen molar-refractivity contribution in [2.45, 2.75) is 46.2 Å². The Balaban J connectivity index is 2.47. The second-order valence-electron chi connectivity index (χ2n) is 5.57. The molecule has 21 heavy (non-hydrogen) atoms. The molecular formula is C17H28N2O2. The first-order valence-corrected chi connectivity index (χ1v) is 7.75. The van der Waals surface area contributed by atoms with E-state index in [2.05, 4.69) is 31.0 Å². The van der Waals surface area contributed by atoms with Crippen molar-refractivity contribution in [1.29, 1.82) is 0 Å². The van der Waals surface area contributed by atoms with Gasteiger partial charge in [0.25, 0.3) is 0 Å². The molecule has 2 N–H and O–H groups in total. The standard InChI is InChI=1S/C17H28N2O2/c1-5-19(6-2)12-13(3)18-11-15-7-9-16(10-8-15)14(4)17(20)21/h7-10,13-14,18H,5-6,11-12H2,1-4H3,(H,20,21). The van der Waals surface area contributed by atoms with Gasteiger partial charge in [0.2, 0.25) is 0 Å². The number of carbonyl (C=O) groups is 1. The van der Waals surface area contributed by atoms with Crippen LogP contribution in [0, 0.1) is 0 Å². The lowest BCUT2D eigenvalue weighted by Crippen LogP contribution is -2.38. The number of carboxylic acids is 1. The minimum absolute atomic E-state index is 0.433. The van der Waals surface area contributed by atoms with E-state index in [0.29, 0.717) is 6.04 Å². The highest BCUT2D eigenvalue weighted by Gasteiger charge is 2.13. The monoisotopic (exact) mass is 292 g/mol. The summed E-state index contributed by atoms with van der Waals surface area (Å²) in [5.41, 5.74) is 2.03. The number of hydrogen-bond acceptors (Lipinski definition) is 3. The zero-order valence-corrected chi connectivity index (χ0v) is 13.6. The average molecular weight is 292 g/mol. The molecule has 0 bridgehead atoms. The van der Waals surface area contributed by atoms with E-state index < -0.39 is 11.9 Å². The molecule has 4 nitrogen and oxygen atoms in total. The maximum absolute atomic E-state index is 10.9. The molecule has 0 saturated carbocycles. The van der Waals surface area contributed by atoms with Crippen molar-refractivity contribution in [3.8, 4) is 0 Å². The van der Waals surface area contributed by atoms with Crippen LogP contribution in [-0.4, -0.2) is 41.7 Å². The van der Waals surface area contributed by atoms with Crippen LogP contribution in [0.5, 0.6) is 0 Å². The Bertz CT molecular complexity index is 427. The lowest BCUT2D eigenvalue weighted by Gasteiger charge is -2.23. The first-order chi connectivity index (χ1) is 9.97. The van der Waals surface area contributed by atoms with E-state index in [1.54, 1.807) is 6.92 Å². The van der Waals surface area contributed by atoms with Gasteiger partial charge >= 0.3 is 5.97 Å². The second kappa shape index (κ2) is 8.80. The molecule has 4 heteroatoms. The van der Waals surface area contributed by atoms with Crippen molar-refractivity contribution >= 4 is 5.97 Å². The van der Waals surface area contributed by atoms with Crippen molar-refractivity contribution in [3.05, 3.63) is 35.4 Å². The first kappa shape index (κ1) is 17.7. The zero-order chi connectivity index (χ0) is 15.8. The van der Waals surface area contributed by atoms with Crippen molar-refractivity contribution in [3.63, 3.8) is 0 Å². The Morgan fingerprint density at radius 2 is 1.76 bits per heavy atom. The maximum Gasteiger partial charge on any atom is 0.310 e. The van der Waals surface area contributed by atoms with E-state index in [0.717, 1.165) is 31.7 Å². The smallest absolute Gasteiger partial charge is 0.310 e. The van der Waals surface area contributed by atoms with E-state index >= 15 is 0 Å². The molecule has 0 heterocycles. The number of hydrogen-bond donors (Lipinski definition) is 2. The van der Waals surface area contributed by atoms with Gasteiger partial charge < -0.3 is 15.3 Å². The number of carboxylic acid groups (broad SMARTS) is 1. The van der Waals surface area contributed by atoms with Crippen LogP contribution >= 0.6 is 0 Å². The quantitative estimate of drug-likeness (QED) is 0.735. The van der Waals surface area contributed by atoms with Crippen molar-refractivity contribution in [1.82, 2.24) is 10.2 Å². The van der Waals surface area contributed by atoms with Gasteiger partial charge in [-0.05, 0) is 38.1 Å². The lowest BCUT2D eigenvalue weighted by molar-refractivity contribution is -0.138. The molecule has 0 aliphatic rings. The predicted octanol–water partition coefficient (Wildman–Crippen LogP) is 2.69. The number of aliphatic carboxylic acids is 1. The topological polar surface area (TPSA) is 52.6 Å². The summed E-state index contributed by atoms with van der Waals surface area (Å²) in [4.78, 5) is 13.3. The summed E-state index contributed by atoms with van der Waals surface area (Å²) in [6, 6.07) is 8.26. The minimum Gasteiger partial charge on any atom is -0.481 e. The number of nitrogens with one attached hydrogen (secondary N) is 1. The number of rotatable bonds is 9. The Labute approximate surface area is 128 Å². The zero-order valence-electron chi connectivity index (χ0n) is 13.6. The molecular weight excluding hydrogens is 264 g/mol. The summed E-state index contributed by atoms with van der Waals surface area (Å²) >= 11 is 0. The molecule has 118 valence electrons. The summed E-state index contributed by atoms with van der Waals surface area (Å²) in [7, 11) is 0. The highest BCUT2D eigenvalue weighted by molar-refractivity contribution is 5.75. The number of likely N-dealkylation sites (N-methyl/N-ethyl adjacent to an activating group) is 1. The van der Waals surface area contributed by atoms with Gasteiger partial charge in [0, 0.05) is 19.1 Å². The highest BCUT2D eigenvalue weighted by Crippen LogP contribution is 2.16. The van der Waals surface area contributed by atoms with Crippen LogP contribution in [-0.2, 0) is 11.3 Å². The van der Waals surface area contributed by atoms with E-state index in [9.17, 15) is 4.79 Å². The first-order valence-electron chi connectivity index (χ1n) is 7.75. The Hall–Kier alpha value is -1.39. The van der Waals surface area contributed by atoms with Gasteiger partial charge in [-0.15, -0.1) is 0 Å². The van der Waals surface area contributed by atoms with Gasteiger partial charge in [-0.2, -0.15) is 0 Å². The maximum atomic E-state index is 10.9. The van der Waals surface area contributed by atoms with Crippen molar-refractivity contribution < 1.29 is 9.90 Å². The van der Waals surface area contributed by atoms with Crippen molar-refractivity contribution in [2.24, 2.45) is 0 Å². The molecule has 2 atom stereocenters. The highest BCUT2D eigenvalue weighted by atomic mass is 16.4. The van der Waals surface area contributed by atoms with Crippen LogP contribution in [0.4, 0.5) is 0 Å². The lowest BCUT2D eigenvalue weighted by atomic mass is 10.00. The number of benzene rings is 1. The molecule has 0 fully saturated rings. The fraction of sp³-hybridized carbons (Fsp3) is 0.588. The summed E-state index contributed by atoms with van der Waals surface area (Å²) in [6.07, 6.45) is 0. The summed E-state index contributed by atoms with van der Waals surface area (Å²) in [5, 5.41) is 12.5. The summed E-state index contributed by atoms with van der Waals surface area (Å²) < 4.78 is 0. The van der Waals surface area contributed by atoms with Crippen LogP contribution in [0.1, 0.15) is 44.7 Å². The van der Waals surface area contributed by atoms with Crippen LogP contribution < -0.4 is 5.32 Å². The SMILES string of the molecule is CCN(CC)CC(C)NCc1ccc(C(C)C(=O)O)cc1. The number of nitrogens with zero attached hydrogens (tertiary/aromatic N) is 1. The predicted molar refractivity (Wildman–Crippen MR) is 86.6 cm³/mol. The van der Waals surface area contributed by atoms with Crippen LogP contribution in [0.3, 0.4) is 0 Å². The normalized spacial score (nSPS) is 14.1. The molecule has 1 aromatic rings. The molecule has 0 saturated heterocycles. The Morgan fingerprint density at radius 3 is 2.24 bits per heavy atom. The molecule has 0 spiro atoms. The molecule has 0 aliphatic heterocycles. The van der Waals surface area contributed by atoms with Gasteiger partial charge in [-0.3, -0.25) is 4.79 Å². The minimum atomic E-state index is -0.784. The molecule has 0 amide bonds. The van der Waals surface area contributed by atoms with Crippen LogP contribution in [0.25, 0.3) is 0 Å². The molecule has 1 rings (SSSR count). The fourth-order valence-electron chi connectivity index (χ4n) is 2.29. The Morgan fingerprint density at radius 1 is 1.19 bits per heavy atom. The van der Waals surface area contributed by atoms with E-state index in [1.807, 2.05) is 24.3 Å². The van der Waals surface area contributed by atoms with E-state index in [-0.39, 0.29) is 0 Å². The third-order valence-corrected chi connectivity index (χ3v) is 3.93. The fourth-order valence-corrected chi connectivity index (χ4v) is 2.29. The Kier molecular flexibility index (Phi) is 7.40. The molecule has 0 aliphatic carbocycles. The largest absolute Gasteiger partial charge is 0.481 e. The second-order valence-corrected chi connectivity index (χ2v) is 5.57. The van der Waals surface area contributed by atoms with Crippen molar-refractivity contribution in [2.75, 3.05) is 19.6 Å². The summed E-state index contributed by atoms with van der Waals surface area (Å²) in [6.45, 7) is 12.3. The van der Waals surface area contributed by atoms with Crippen LogP contribution in [0.15, 0.2) is 24.3 Å². The molecule has 0 radical (unpaired) electrons. The van der Waals surface area contributed by atoms with Gasteiger partial charge in [0.15, 0.2) is 0 Å². The van der Waals surface area contributed by atoms with Gasteiger partial charge in [-0.1, -0.05) is 38.1 Å². The third kappa shape index (κ3) is 5.86. The third-order valence-electron chi connectivity index (χ3n) is 3.93. The molecule has 2 unspecified atom stereocenters. The molecule has 1 aromatic carbocycles. The van der Waals surface area contributed by atoms with Gasteiger partial charge in [-0.25, -0.2) is 0 Å². The van der Waals surface area contributed by atoms with Gasteiger partial charge in [0.1, 0.15) is 0 Å². The van der Waals surface area contributed by atoms with E-state index in [1.165, 1.54) is 5.56 Å². The van der Waals surface area contributed by atoms with Gasteiger partial charge in [0.05, 0.1) is 5.92 Å². The molecule has 0 aromatic heterocycles. The van der Waals surface area contributed by atoms with E-state index in [4.69, 9.17) is 5.11 Å². The van der Waals surface area contributed by atoms with Crippen LogP contribution in [0.2, 0.25) is 0 Å². The summed E-state index contributed by atoms with van der Waals surface area (Å²) in [5.74, 6) is -1.23. The average Bonchev–Trinajstić information content (AvgIpc) is 2.50.